The molecule has 1 unspecified atom stereocenters. The molecule has 0 saturated carbocycles. The minimum absolute atomic E-state index is 0.309. The van der Waals surface area contributed by atoms with E-state index >= 15 is 0 Å². The van der Waals surface area contributed by atoms with E-state index in [0.717, 1.165) is 30.5 Å². The molecule has 1 aliphatic rings. The number of methoxy groups -OCH3 is 1. The Morgan fingerprint density at radius 1 is 1.18 bits per heavy atom. The Morgan fingerprint density at radius 3 is 2.93 bits per heavy atom. The van der Waals surface area contributed by atoms with E-state index in [1.54, 1.807) is 19.2 Å². The maximum absolute atomic E-state index is 12.2. The van der Waals surface area contributed by atoms with Gasteiger partial charge in [0, 0.05) is 39.9 Å². The molecule has 4 nitrogen and oxygen atoms in total. The average Bonchev–Trinajstić information content (AvgIpc) is 3.39. The van der Waals surface area contributed by atoms with Crippen LogP contribution in [0, 0.1) is 0 Å². The molecule has 142 valence electrons. The largest absolute Gasteiger partial charge is 0.497 e. The summed E-state index contributed by atoms with van der Waals surface area (Å²) in [5.41, 5.74) is 2.74. The summed E-state index contributed by atoms with van der Waals surface area (Å²) in [6.07, 6.45) is 1.08. The molecule has 28 heavy (non-hydrogen) atoms. The number of hydrogen-bond acceptors (Lipinski definition) is 5. The first-order valence-corrected chi connectivity index (χ1v) is 11.0. The summed E-state index contributed by atoms with van der Waals surface area (Å²) in [5.74, 6) is 0.692. The van der Waals surface area contributed by atoms with E-state index in [4.69, 9.17) is 9.15 Å². The number of quaternary nitrogens is 1. The van der Waals surface area contributed by atoms with Crippen molar-refractivity contribution in [2.75, 3.05) is 13.7 Å². The summed E-state index contributed by atoms with van der Waals surface area (Å²) in [4.78, 5) is 16.5. The normalized spacial score (nSPS) is 18.9. The molecule has 1 aliphatic heterocycles. The van der Waals surface area contributed by atoms with Crippen LogP contribution in [0.5, 0.6) is 5.75 Å². The quantitative estimate of drug-likeness (QED) is 0.522. The molecule has 0 spiro atoms. The van der Waals surface area contributed by atoms with Gasteiger partial charge in [0.05, 0.1) is 18.5 Å². The van der Waals surface area contributed by atoms with E-state index in [9.17, 15) is 4.79 Å². The second-order valence-electron chi connectivity index (χ2n) is 7.04. The predicted molar refractivity (Wildman–Crippen MR) is 113 cm³/mol. The number of fused-ring (bicyclic) bond motifs is 2. The van der Waals surface area contributed by atoms with Crippen molar-refractivity contribution in [2.24, 2.45) is 0 Å². The van der Waals surface area contributed by atoms with Crippen molar-refractivity contribution in [2.45, 2.75) is 19.0 Å². The lowest BCUT2D eigenvalue weighted by Gasteiger charge is -2.32. The summed E-state index contributed by atoms with van der Waals surface area (Å²) in [5, 5.41) is 5.33. The van der Waals surface area contributed by atoms with Crippen LogP contribution in [0.1, 0.15) is 26.9 Å². The van der Waals surface area contributed by atoms with Crippen LogP contribution in [-0.2, 0) is 13.0 Å². The average molecular weight is 411 g/mol. The highest BCUT2D eigenvalue weighted by molar-refractivity contribution is 7.10. The fourth-order valence-electron chi connectivity index (χ4n) is 4.18. The van der Waals surface area contributed by atoms with Crippen molar-refractivity contribution in [1.29, 1.82) is 0 Å². The number of ether oxygens (including phenoxy) is 1. The SMILES string of the molecule is COc1ccc2c(C[NH+]3CCc4sccc4[C@@H]3c3cccs3)cc(=O)oc2c1. The van der Waals surface area contributed by atoms with Gasteiger partial charge in [0.15, 0.2) is 0 Å². The molecule has 0 aliphatic carbocycles. The van der Waals surface area contributed by atoms with Crippen molar-refractivity contribution in [1.82, 2.24) is 0 Å². The summed E-state index contributed by atoms with van der Waals surface area (Å²) in [7, 11) is 1.62. The Labute approximate surface area is 170 Å². The number of benzene rings is 1. The van der Waals surface area contributed by atoms with Gasteiger partial charge in [-0.05, 0) is 35.0 Å². The highest BCUT2D eigenvalue weighted by Gasteiger charge is 2.34. The second kappa shape index (κ2) is 7.20. The maximum atomic E-state index is 12.2. The van der Waals surface area contributed by atoms with E-state index in [2.05, 4.69) is 29.0 Å². The van der Waals surface area contributed by atoms with Gasteiger partial charge in [-0.1, -0.05) is 6.07 Å². The minimum atomic E-state index is -0.309. The smallest absolute Gasteiger partial charge is 0.336 e. The molecule has 0 fully saturated rings. The van der Waals surface area contributed by atoms with Crippen molar-refractivity contribution < 1.29 is 14.1 Å². The van der Waals surface area contributed by atoms with Crippen molar-refractivity contribution in [3.05, 3.63) is 84.5 Å². The van der Waals surface area contributed by atoms with E-state index < -0.39 is 0 Å². The highest BCUT2D eigenvalue weighted by Crippen LogP contribution is 2.32. The Bertz CT molecular complexity index is 1180. The van der Waals surface area contributed by atoms with Crippen molar-refractivity contribution in [3.63, 3.8) is 0 Å². The van der Waals surface area contributed by atoms with Crippen LogP contribution in [-0.4, -0.2) is 13.7 Å². The summed E-state index contributed by atoms with van der Waals surface area (Å²) in [6, 6.07) is 14.3. The number of thiophene rings is 2. The lowest BCUT2D eigenvalue weighted by molar-refractivity contribution is -0.940. The van der Waals surface area contributed by atoms with Crippen molar-refractivity contribution in [3.8, 4) is 5.75 Å². The molecule has 0 bridgehead atoms. The fourth-order valence-corrected chi connectivity index (χ4v) is 6.00. The van der Waals surface area contributed by atoms with Crippen molar-refractivity contribution >= 4 is 33.6 Å². The number of hydrogen-bond donors (Lipinski definition) is 1. The van der Waals surface area contributed by atoms with Gasteiger partial charge in [0.25, 0.3) is 0 Å². The zero-order valence-corrected chi connectivity index (χ0v) is 17.1. The molecule has 0 amide bonds. The zero-order chi connectivity index (χ0) is 19.1. The topological polar surface area (TPSA) is 43.9 Å². The number of rotatable bonds is 4. The van der Waals surface area contributed by atoms with Gasteiger partial charge in [-0.2, -0.15) is 0 Å². The standard InChI is InChI=1S/C22H19NO3S2/c1-25-15-4-5-16-14(11-21(24)26-18(16)12-15)13-23-8-6-19-17(7-10-28-19)22(23)20-3-2-9-27-20/h2-5,7,9-12,22H,6,8,13H2,1H3/p+1/t22-/m1/s1. The summed E-state index contributed by atoms with van der Waals surface area (Å²) in [6.45, 7) is 1.83. The molecular formula is C22H20NO3S2+. The number of nitrogens with one attached hydrogen (secondary N) is 1. The maximum Gasteiger partial charge on any atom is 0.336 e. The van der Waals surface area contributed by atoms with Crippen LogP contribution in [0.25, 0.3) is 11.0 Å². The third-order valence-electron chi connectivity index (χ3n) is 5.45. The van der Waals surface area contributed by atoms with Gasteiger partial charge in [0.1, 0.15) is 23.9 Å². The summed E-state index contributed by atoms with van der Waals surface area (Å²) >= 11 is 3.67. The minimum Gasteiger partial charge on any atom is -0.497 e. The molecule has 1 aromatic carbocycles. The lowest BCUT2D eigenvalue weighted by atomic mass is 9.97. The Morgan fingerprint density at radius 2 is 2.11 bits per heavy atom. The first kappa shape index (κ1) is 17.7. The lowest BCUT2D eigenvalue weighted by Crippen LogP contribution is -3.12. The molecule has 2 atom stereocenters. The molecule has 3 aromatic heterocycles. The molecule has 4 aromatic rings. The Hall–Kier alpha value is -2.41. The van der Waals surface area contributed by atoms with E-state index in [0.29, 0.717) is 17.4 Å². The highest BCUT2D eigenvalue weighted by atomic mass is 32.1. The summed E-state index contributed by atoms with van der Waals surface area (Å²) < 4.78 is 10.7. The molecular weight excluding hydrogens is 390 g/mol. The van der Waals surface area contributed by atoms with E-state index in [1.807, 2.05) is 34.8 Å². The molecule has 0 radical (unpaired) electrons. The molecule has 6 heteroatoms. The van der Waals surface area contributed by atoms with Crippen LogP contribution in [0.15, 0.2) is 62.4 Å². The fraction of sp³-hybridized carbons (Fsp3) is 0.227. The first-order chi connectivity index (χ1) is 13.7. The van der Waals surface area contributed by atoms with Crippen LogP contribution >= 0.6 is 22.7 Å². The van der Waals surface area contributed by atoms with E-state index in [-0.39, 0.29) is 5.63 Å². The van der Waals surface area contributed by atoms with Gasteiger partial charge in [-0.3, -0.25) is 0 Å². The van der Waals surface area contributed by atoms with Gasteiger partial charge in [-0.25, -0.2) is 4.79 Å². The molecule has 0 saturated heterocycles. The predicted octanol–water partition coefficient (Wildman–Crippen LogP) is 3.66. The Balaban J connectivity index is 1.58. The van der Waals surface area contributed by atoms with Gasteiger partial charge < -0.3 is 14.1 Å². The second-order valence-corrected chi connectivity index (χ2v) is 9.02. The monoisotopic (exact) mass is 410 g/mol. The first-order valence-electron chi connectivity index (χ1n) is 9.28. The van der Waals surface area contributed by atoms with Crippen LogP contribution in [0.4, 0.5) is 0 Å². The molecule has 4 heterocycles. The van der Waals surface area contributed by atoms with Gasteiger partial charge in [-0.15, -0.1) is 22.7 Å². The van der Waals surface area contributed by atoms with Crippen LogP contribution in [0.3, 0.4) is 0 Å². The third kappa shape index (κ3) is 3.07. The van der Waals surface area contributed by atoms with Gasteiger partial charge in [0.2, 0.25) is 0 Å². The van der Waals surface area contributed by atoms with E-state index in [1.165, 1.54) is 20.2 Å². The molecule has 5 rings (SSSR count). The third-order valence-corrected chi connectivity index (χ3v) is 7.39. The van der Waals surface area contributed by atoms with Crippen LogP contribution in [0.2, 0.25) is 0 Å². The van der Waals surface area contributed by atoms with Gasteiger partial charge >= 0.3 is 5.63 Å². The Kier molecular flexibility index (Phi) is 4.55. The molecule has 1 N–H and O–H groups in total. The zero-order valence-electron chi connectivity index (χ0n) is 15.4. The van der Waals surface area contributed by atoms with Crippen LogP contribution < -0.4 is 15.3 Å².